The van der Waals surface area contributed by atoms with Gasteiger partial charge in [0.2, 0.25) is 5.91 Å². The Balaban J connectivity index is 1.58. The molecular formula is C21H22FN7O2. The number of carbonyl (C=O) groups is 1. The van der Waals surface area contributed by atoms with E-state index in [9.17, 15) is 14.3 Å². The maximum absolute atomic E-state index is 13.1. The van der Waals surface area contributed by atoms with Crippen molar-refractivity contribution in [2.75, 3.05) is 10.6 Å². The first kappa shape index (κ1) is 20.7. The number of alkyl halides is 1. The van der Waals surface area contributed by atoms with E-state index in [1.807, 2.05) is 19.9 Å². The molecule has 3 aromatic rings. The molecule has 9 nitrogen and oxygen atoms in total. The molecule has 3 aromatic heterocycles. The molecule has 0 spiro atoms. The largest absolute Gasteiger partial charge is 0.387 e. The van der Waals surface area contributed by atoms with Gasteiger partial charge in [0.05, 0.1) is 47.2 Å². The number of aromatic nitrogens is 5. The van der Waals surface area contributed by atoms with Gasteiger partial charge in [-0.2, -0.15) is 0 Å². The van der Waals surface area contributed by atoms with Crippen molar-refractivity contribution in [2.45, 2.75) is 39.0 Å². The number of hydrogen-bond donors (Lipinski definition) is 3. The molecule has 1 aliphatic rings. The van der Waals surface area contributed by atoms with Crippen LogP contribution in [0.15, 0.2) is 37.2 Å². The number of aliphatic hydroxyl groups excluding tert-OH is 1. The lowest BCUT2D eigenvalue weighted by molar-refractivity contribution is -0.117. The van der Waals surface area contributed by atoms with Gasteiger partial charge in [-0.15, -0.1) is 0 Å². The summed E-state index contributed by atoms with van der Waals surface area (Å²) < 4.78 is 13.1. The first-order chi connectivity index (χ1) is 15.0. The number of aryl methyl sites for hydroxylation is 1. The number of anilines is 3. The number of nitrogens with one attached hydrogen (secondary N) is 2. The zero-order valence-corrected chi connectivity index (χ0v) is 17.1. The fourth-order valence-corrected chi connectivity index (χ4v) is 3.08. The fourth-order valence-electron chi connectivity index (χ4n) is 3.08. The highest BCUT2D eigenvalue weighted by Gasteiger charge is 2.43. The third-order valence-corrected chi connectivity index (χ3v) is 5.05. The van der Waals surface area contributed by atoms with E-state index in [1.165, 1.54) is 12.7 Å². The van der Waals surface area contributed by atoms with Gasteiger partial charge in [-0.3, -0.25) is 9.78 Å². The molecule has 3 atom stereocenters. The number of hydrogen-bond acceptors (Lipinski definition) is 8. The number of pyridine rings is 1. The SMILES string of the molecule is CC[C@H](O)c1cc(C)c(Nc2cncnc2-c2cc(NC(=O)[C@H]3C[C@H]3F)ncn2)cn1. The van der Waals surface area contributed by atoms with Crippen LogP contribution in [-0.4, -0.2) is 42.1 Å². The van der Waals surface area contributed by atoms with Gasteiger partial charge in [-0.1, -0.05) is 6.92 Å². The van der Waals surface area contributed by atoms with Gasteiger partial charge in [-0.05, 0) is 31.4 Å². The van der Waals surface area contributed by atoms with Crippen LogP contribution in [0.25, 0.3) is 11.4 Å². The first-order valence-corrected chi connectivity index (χ1v) is 9.95. The summed E-state index contributed by atoms with van der Waals surface area (Å²) in [4.78, 5) is 33.0. The third kappa shape index (κ3) is 4.64. The van der Waals surface area contributed by atoms with Crippen LogP contribution in [0.4, 0.5) is 21.6 Å². The van der Waals surface area contributed by atoms with Crippen molar-refractivity contribution < 1.29 is 14.3 Å². The maximum atomic E-state index is 13.1. The predicted molar refractivity (Wildman–Crippen MR) is 112 cm³/mol. The summed E-state index contributed by atoms with van der Waals surface area (Å²) in [5, 5.41) is 15.9. The number of amides is 1. The lowest BCUT2D eigenvalue weighted by atomic mass is 10.1. The van der Waals surface area contributed by atoms with Gasteiger partial charge >= 0.3 is 0 Å². The van der Waals surface area contributed by atoms with Gasteiger partial charge in [0, 0.05) is 6.07 Å². The van der Waals surface area contributed by atoms with Crippen LogP contribution in [0.5, 0.6) is 0 Å². The lowest BCUT2D eigenvalue weighted by Crippen LogP contribution is -2.16. The van der Waals surface area contributed by atoms with E-state index in [4.69, 9.17) is 0 Å². The van der Waals surface area contributed by atoms with Crippen LogP contribution in [0.3, 0.4) is 0 Å². The lowest BCUT2D eigenvalue weighted by Gasteiger charge is -2.14. The molecule has 1 saturated carbocycles. The van der Waals surface area contributed by atoms with Crippen molar-refractivity contribution in [2.24, 2.45) is 5.92 Å². The summed E-state index contributed by atoms with van der Waals surface area (Å²) in [6.07, 6.45) is 5.08. The fraction of sp³-hybridized carbons (Fsp3) is 0.333. The number of rotatable bonds is 7. The minimum Gasteiger partial charge on any atom is -0.387 e. The molecule has 0 radical (unpaired) electrons. The minimum atomic E-state index is -1.08. The highest BCUT2D eigenvalue weighted by Crippen LogP contribution is 2.35. The molecule has 3 heterocycles. The van der Waals surface area contributed by atoms with Crippen LogP contribution in [0.1, 0.15) is 37.1 Å². The van der Waals surface area contributed by atoms with E-state index >= 15 is 0 Å². The van der Waals surface area contributed by atoms with E-state index in [0.29, 0.717) is 29.2 Å². The Morgan fingerprint density at radius 1 is 1.19 bits per heavy atom. The molecule has 10 heteroatoms. The monoisotopic (exact) mass is 423 g/mol. The van der Waals surface area contributed by atoms with E-state index in [-0.39, 0.29) is 12.2 Å². The van der Waals surface area contributed by atoms with Crippen molar-refractivity contribution in [3.63, 3.8) is 0 Å². The van der Waals surface area contributed by atoms with Crippen molar-refractivity contribution in [3.05, 3.63) is 48.4 Å². The van der Waals surface area contributed by atoms with E-state index in [2.05, 4.69) is 35.6 Å². The van der Waals surface area contributed by atoms with Gasteiger partial charge in [0.1, 0.15) is 30.3 Å². The summed E-state index contributed by atoms with van der Waals surface area (Å²) in [6, 6.07) is 3.40. The number of aliphatic hydroxyl groups is 1. The predicted octanol–water partition coefficient (Wildman–Crippen LogP) is 3.12. The molecule has 0 bridgehead atoms. The first-order valence-electron chi connectivity index (χ1n) is 9.95. The second-order valence-corrected chi connectivity index (χ2v) is 7.39. The molecular weight excluding hydrogens is 401 g/mol. The van der Waals surface area contributed by atoms with Crippen LogP contribution in [0.2, 0.25) is 0 Å². The normalized spacial score (nSPS) is 18.3. The number of carbonyl (C=O) groups excluding carboxylic acids is 1. The van der Waals surface area contributed by atoms with Crippen LogP contribution >= 0.6 is 0 Å². The minimum absolute atomic E-state index is 0.241. The molecule has 0 unspecified atom stereocenters. The van der Waals surface area contributed by atoms with Gasteiger partial charge < -0.3 is 15.7 Å². The van der Waals surface area contributed by atoms with Crippen LogP contribution < -0.4 is 10.6 Å². The Bertz CT molecular complexity index is 1110. The third-order valence-electron chi connectivity index (χ3n) is 5.05. The molecule has 0 aromatic carbocycles. The Kier molecular flexibility index (Phi) is 5.81. The van der Waals surface area contributed by atoms with Crippen LogP contribution in [0, 0.1) is 12.8 Å². The smallest absolute Gasteiger partial charge is 0.231 e. The molecule has 0 saturated heterocycles. The number of halogens is 1. The van der Waals surface area contributed by atoms with E-state index < -0.39 is 24.1 Å². The zero-order valence-electron chi connectivity index (χ0n) is 17.1. The van der Waals surface area contributed by atoms with E-state index in [1.54, 1.807) is 18.5 Å². The molecule has 1 fully saturated rings. The molecule has 1 amide bonds. The number of nitrogens with zero attached hydrogens (tertiary/aromatic N) is 5. The maximum Gasteiger partial charge on any atom is 0.231 e. The quantitative estimate of drug-likeness (QED) is 0.529. The summed E-state index contributed by atoms with van der Waals surface area (Å²) >= 11 is 0. The van der Waals surface area contributed by atoms with Crippen molar-refractivity contribution >= 4 is 23.1 Å². The Morgan fingerprint density at radius 2 is 2.00 bits per heavy atom. The summed E-state index contributed by atoms with van der Waals surface area (Å²) in [7, 11) is 0. The molecule has 1 aliphatic carbocycles. The second kappa shape index (κ2) is 8.68. The molecule has 160 valence electrons. The topological polar surface area (TPSA) is 126 Å². The van der Waals surface area contributed by atoms with Crippen molar-refractivity contribution in [3.8, 4) is 11.4 Å². The average molecular weight is 423 g/mol. The highest BCUT2D eigenvalue weighted by molar-refractivity contribution is 5.94. The molecule has 0 aliphatic heterocycles. The van der Waals surface area contributed by atoms with Gasteiger partial charge in [0.15, 0.2) is 0 Å². The molecule has 3 N–H and O–H groups in total. The molecule has 31 heavy (non-hydrogen) atoms. The Hall–Kier alpha value is -3.53. The van der Waals surface area contributed by atoms with Gasteiger partial charge in [0.25, 0.3) is 0 Å². The standard InChI is InChI=1S/C21H22FN7O2/c1-3-18(30)14-4-11(2)16(8-24-14)28-17-7-23-9-27-20(17)15-6-19(26-10-25-15)29-21(31)12-5-13(12)22/h4,6-10,12-13,18,28,30H,3,5H2,1-2H3,(H,25,26,29,31)/t12-,13+,18-/m0/s1. The summed E-state index contributed by atoms with van der Waals surface area (Å²) in [5.74, 6) is -0.733. The zero-order chi connectivity index (χ0) is 22.0. The Labute approximate surface area is 178 Å². The highest BCUT2D eigenvalue weighted by atomic mass is 19.1. The summed E-state index contributed by atoms with van der Waals surface area (Å²) in [5.41, 5.74) is 3.78. The van der Waals surface area contributed by atoms with Crippen molar-refractivity contribution in [1.82, 2.24) is 24.9 Å². The van der Waals surface area contributed by atoms with E-state index in [0.717, 1.165) is 11.3 Å². The Morgan fingerprint density at radius 3 is 2.71 bits per heavy atom. The second-order valence-electron chi connectivity index (χ2n) is 7.39. The molecule has 4 rings (SSSR count). The average Bonchev–Trinajstić information content (AvgIpc) is 3.52. The van der Waals surface area contributed by atoms with Gasteiger partial charge in [-0.25, -0.2) is 24.3 Å². The van der Waals surface area contributed by atoms with Crippen LogP contribution in [-0.2, 0) is 4.79 Å². The van der Waals surface area contributed by atoms with Crippen molar-refractivity contribution in [1.29, 1.82) is 0 Å². The summed E-state index contributed by atoms with van der Waals surface area (Å²) in [6.45, 7) is 3.80.